The summed E-state index contributed by atoms with van der Waals surface area (Å²) in [5, 5.41) is 0. The molecule has 0 aliphatic carbocycles. The summed E-state index contributed by atoms with van der Waals surface area (Å²) < 4.78 is 26.4. The normalized spacial score (nSPS) is 13.0. The van der Waals surface area contributed by atoms with E-state index in [0.717, 1.165) is 17.5 Å². The Kier molecular flexibility index (Phi) is 5.44. The van der Waals surface area contributed by atoms with Gasteiger partial charge in [0.15, 0.2) is 0 Å². The van der Waals surface area contributed by atoms with Crippen molar-refractivity contribution in [2.24, 2.45) is 0 Å². The van der Waals surface area contributed by atoms with Crippen LogP contribution in [0.1, 0.15) is 37.2 Å². The first-order chi connectivity index (χ1) is 10.1. The molecule has 3 nitrogen and oxygen atoms in total. The van der Waals surface area contributed by atoms with Crippen LogP contribution in [0.25, 0.3) is 0 Å². The van der Waals surface area contributed by atoms with Crippen LogP contribution < -0.4 is 0 Å². The van der Waals surface area contributed by atoms with E-state index in [1.165, 1.54) is 18.0 Å². The van der Waals surface area contributed by atoms with Crippen LogP contribution in [-0.4, -0.2) is 28.0 Å². The first-order valence-electron chi connectivity index (χ1n) is 7.11. The van der Waals surface area contributed by atoms with Crippen molar-refractivity contribution in [3.05, 3.63) is 54.1 Å². The molecule has 21 heavy (non-hydrogen) atoms. The third kappa shape index (κ3) is 4.36. The number of alkyl halides is 2. The van der Waals surface area contributed by atoms with E-state index in [9.17, 15) is 8.78 Å². The number of benzene rings is 1. The summed E-state index contributed by atoms with van der Waals surface area (Å²) in [5.41, 5.74) is 1.31. The molecule has 1 unspecified atom stereocenters. The van der Waals surface area contributed by atoms with Crippen molar-refractivity contribution in [3.8, 4) is 0 Å². The first-order valence-corrected chi connectivity index (χ1v) is 7.11. The lowest BCUT2D eigenvalue weighted by molar-refractivity contribution is 0.0645. The standard InChI is InChI=1S/C16H21F2N3/c1-13(14-6-4-3-5-7-14)8-10-20(2)12-15-19-9-11-21(15)16(17)18/h3-7,9,11,13,16H,8,10,12H2,1-2H3. The van der Waals surface area contributed by atoms with Gasteiger partial charge in [-0.05, 0) is 31.5 Å². The molecule has 0 N–H and O–H groups in total. The number of hydrogen-bond donors (Lipinski definition) is 0. The van der Waals surface area contributed by atoms with Crippen LogP contribution in [0.15, 0.2) is 42.7 Å². The molecule has 0 aliphatic rings. The lowest BCUT2D eigenvalue weighted by Gasteiger charge is -2.19. The zero-order valence-electron chi connectivity index (χ0n) is 12.4. The molecule has 1 atom stereocenters. The highest BCUT2D eigenvalue weighted by molar-refractivity contribution is 5.18. The molecule has 1 aromatic carbocycles. The molecule has 1 heterocycles. The highest BCUT2D eigenvalue weighted by Gasteiger charge is 2.13. The van der Waals surface area contributed by atoms with Crippen molar-refractivity contribution >= 4 is 0 Å². The molecular weight excluding hydrogens is 272 g/mol. The van der Waals surface area contributed by atoms with Gasteiger partial charge >= 0.3 is 6.55 Å². The Morgan fingerprint density at radius 2 is 1.95 bits per heavy atom. The number of imidazole rings is 1. The van der Waals surface area contributed by atoms with Gasteiger partial charge in [0.2, 0.25) is 0 Å². The van der Waals surface area contributed by atoms with E-state index in [2.05, 4.69) is 24.0 Å². The predicted octanol–water partition coefficient (Wildman–Crippen LogP) is 3.90. The molecule has 0 bridgehead atoms. The van der Waals surface area contributed by atoms with Gasteiger partial charge in [0.05, 0.1) is 6.54 Å². The minimum Gasteiger partial charge on any atom is -0.299 e. The third-order valence-corrected chi connectivity index (χ3v) is 3.68. The quantitative estimate of drug-likeness (QED) is 0.772. The van der Waals surface area contributed by atoms with Gasteiger partial charge in [-0.2, -0.15) is 8.78 Å². The van der Waals surface area contributed by atoms with E-state index >= 15 is 0 Å². The molecule has 0 aliphatic heterocycles. The van der Waals surface area contributed by atoms with E-state index in [0.29, 0.717) is 18.3 Å². The van der Waals surface area contributed by atoms with Crippen LogP contribution in [0.3, 0.4) is 0 Å². The molecule has 1 aromatic heterocycles. The average molecular weight is 293 g/mol. The topological polar surface area (TPSA) is 21.1 Å². The molecule has 0 saturated heterocycles. The Balaban J connectivity index is 1.85. The van der Waals surface area contributed by atoms with Crippen molar-refractivity contribution in [2.45, 2.75) is 32.4 Å². The zero-order chi connectivity index (χ0) is 15.2. The molecule has 114 valence electrons. The lowest BCUT2D eigenvalue weighted by Crippen LogP contribution is -2.23. The largest absolute Gasteiger partial charge is 0.319 e. The van der Waals surface area contributed by atoms with E-state index in [1.807, 2.05) is 30.1 Å². The van der Waals surface area contributed by atoms with Crippen molar-refractivity contribution in [1.82, 2.24) is 14.5 Å². The first kappa shape index (κ1) is 15.6. The molecule has 0 saturated carbocycles. The molecular formula is C16H21F2N3. The molecule has 0 fully saturated rings. The number of aromatic nitrogens is 2. The molecule has 0 spiro atoms. The van der Waals surface area contributed by atoms with Gasteiger partial charge in [0.1, 0.15) is 5.82 Å². The van der Waals surface area contributed by atoms with Gasteiger partial charge in [-0.25, -0.2) is 4.98 Å². The zero-order valence-corrected chi connectivity index (χ0v) is 12.4. The van der Waals surface area contributed by atoms with Crippen LogP contribution in [-0.2, 0) is 6.54 Å². The second-order valence-electron chi connectivity index (χ2n) is 5.37. The maximum absolute atomic E-state index is 12.8. The van der Waals surface area contributed by atoms with Crippen LogP contribution in [0.4, 0.5) is 8.78 Å². The average Bonchev–Trinajstić information content (AvgIpc) is 2.94. The van der Waals surface area contributed by atoms with E-state index in [4.69, 9.17) is 0 Å². The number of nitrogens with zero attached hydrogens (tertiary/aromatic N) is 3. The Morgan fingerprint density at radius 3 is 2.62 bits per heavy atom. The number of rotatable bonds is 7. The van der Waals surface area contributed by atoms with Crippen LogP contribution in [0, 0.1) is 0 Å². The summed E-state index contributed by atoms with van der Waals surface area (Å²) in [6.45, 7) is 0.924. The summed E-state index contributed by atoms with van der Waals surface area (Å²) in [6, 6.07) is 10.3. The van der Waals surface area contributed by atoms with E-state index < -0.39 is 6.55 Å². The van der Waals surface area contributed by atoms with E-state index in [1.54, 1.807) is 0 Å². The van der Waals surface area contributed by atoms with Crippen molar-refractivity contribution < 1.29 is 8.78 Å². The molecule has 2 rings (SSSR count). The monoisotopic (exact) mass is 293 g/mol. The fourth-order valence-electron chi connectivity index (χ4n) is 2.33. The Hall–Kier alpha value is -1.75. The highest BCUT2D eigenvalue weighted by atomic mass is 19.3. The van der Waals surface area contributed by atoms with Crippen LogP contribution >= 0.6 is 0 Å². The van der Waals surface area contributed by atoms with Gasteiger partial charge in [0.25, 0.3) is 0 Å². The Bertz CT molecular complexity index is 539. The fraction of sp³-hybridized carbons (Fsp3) is 0.438. The van der Waals surface area contributed by atoms with Crippen LogP contribution in [0.2, 0.25) is 0 Å². The predicted molar refractivity (Wildman–Crippen MR) is 79.3 cm³/mol. The van der Waals surface area contributed by atoms with Crippen molar-refractivity contribution in [3.63, 3.8) is 0 Å². The SMILES string of the molecule is CC(CCN(C)Cc1nccn1C(F)F)c1ccccc1. The lowest BCUT2D eigenvalue weighted by atomic mass is 9.98. The van der Waals surface area contributed by atoms with Gasteiger partial charge in [-0.1, -0.05) is 37.3 Å². The fourth-order valence-corrected chi connectivity index (χ4v) is 2.33. The maximum atomic E-state index is 12.8. The highest BCUT2D eigenvalue weighted by Crippen LogP contribution is 2.19. The molecule has 0 amide bonds. The van der Waals surface area contributed by atoms with Gasteiger partial charge < -0.3 is 0 Å². The minimum absolute atomic E-state index is 0.403. The van der Waals surface area contributed by atoms with Gasteiger partial charge in [0, 0.05) is 12.4 Å². The summed E-state index contributed by atoms with van der Waals surface area (Å²) in [5.74, 6) is 0.850. The van der Waals surface area contributed by atoms with Crippen molar-refractivity contribution in [1.29, 1.82) is 0 Å². The summed E-state index contributed by atoms with van der Waals surface area (Å²) in [6.07, 6.45) is 3.72. The third-order valence-electron chi connectivity index (χ3n) is 3.68. The summed E-state index contributed by atoms with van der Waals surface area (Å²) in [7, 11) is 1.93. The maximum Gasteiger partial charge on any atom is 0.319 e. The van der Waals surface area contributed by atoms with Crippen molar-refractivity contribution in [2.75, 3.05) is 13.6 Å². The Morgan fingerprint density at radius 1 is 1.24 bits per heavy atom. The van der Waals surface area contributed by atoms with E-state index in [-0.39, 0.29) is 0 Å². The number of halogens is 2. The molecule has 2 aromatic rings. The molecule has 5 heteroatoms. The minimum atomic E-state index is -2.53. The smallest absolute Gasteiger partial charge is 0.299 e. The van der Waals surface area contributed by atoms with Crippen LogP contribution in [0.5, 0.6) is 0 Å². The molecule has 0 radical (unpaired) electrons. The second-order valence-corrected chi connectivity index (χ2v) is 5.37. The summed E-state index contributed by atoms with van der Waals surface area (Å²) in [4.78, 5) is 6.03. The summed E-state index contributed by atoms with van der Waals surface area (Å²) >= 11 is 0. The second kappa shape index (κ2) is 7.31. The van der Waals surface area contributed by atoms with Gasteiger partial charge in [-0.15, -0.1) is 0 Å². The Labute approximate surface area is 124 Å². The van der Waals surface area contributed by atoms with Gasteiger partial charge in [-0.3, -0.25) is 9.47 Å². The number of hydrogen-bond acceptors (Lipinski definition) is 2.